The first-order chi connectivity index (χ1) is 5.72. The SMILES string of the molecule is O[B]C#Cc1cc(F)cc(Cl)c1. The molecule has 12 heavy (non-hydrogen) atoms. The fraction of sp³-hybridized carbons (Fsp3) is 0. The van der Waals surface area contributed by atoms with Crippen LogP contribution in [0.3, 0.4) is 0 Å². The van der Waals surface area contributed by atoms with Gasteiger partial charge in [-0.3, -0.25) is 0 Å². The van der Waals surface area contributed by atoms with Crippen LogP contribution in [-0.4, -0.2) is 12.5 Å². The summed E-state index contributed by atoms with van der Waals surface area (Å²) in [7, 11) is 0.693. The molecule has 1 nitrogen and oxygen atoms in total. The molecule has 0 aliphatic heterocycles. The Labute approximate surface area is 75.4 Å². The van der Waals surface area contributed by atoms with Gasteiger partial charge in [-0.1, -0.05) is 17.5 Å². The van der Waals surface area contributed by atoms with Crippen molar-refractivity contribution in [1.29, 1.82) is 0 Å². The molecule has 0 heterocycles. The smallest absolute Gasteiger partial charge is 0.389 e. The van der Waals surface area contributed by atoms with Crippen LogP contribution in [-0.2, 0) is 0 Å². The molecule has 0 bridgehead atoms. The number of hydrogen-bond acceptors (Lipinski definition) is 1. The summed E-state index contributed by atoms with van der Waals surface area (Å²) < 4.78 is 12.6. The second kappa shape index (κ2) is 4.15. The van der Waals surface area contributed by atoms with Crippen LogP contribution in [0.4, 0.5) is 4.39 Å². The zero-order valence-corrected chi connectivity index (χ0v) is 6.77. The summed E-state index contributed by atoms with van der Waals surface area (Å²) in [5, 5.41) is 8.53. The van der Waals surface area contributed by atoms with E-state index in [4.69, 9.17) is 16.6 Å². The summed E-state index contributed by atoms with van der Waals surface area (Å²) in [6.45, 7) is 0. The highest BCUT2D eigenvalue weighted by atomic mass is 35.5. The van der Waals surface area contributed by atoms with E-state index in [1.54, 1.807) is 0 Å². The standard InChI is InChI=1S/C8H4BClFO/c10-7-3-6(1-2-9-12)4-8(11)5-7/h3-5,12H. The molecule has 1 N–H and O–H groups in total. The molecule has 4 heteroatoms. The fourth-order valence-electron chi connectivity index (χ4n) is 0.742. The molecule has 0 fully saturated rings. The van der Waals surface area contributed by atoms with Gasteiger partial charge in [0, 0.05) is 10.6 Å². The van der Waals surface area contributed by atoms with Crippen molar-refractivity contribution < 1.29 is 9.41 Å². The van der Waals surface area contributed by atoms with Gasteiger partial charge in [-0.25, -0.2) is 4.39 Å². The summed E-state index contributed by atoms with van der Waals surface area (Å²) in [5.74, 6) is 4.33. The molecular weight excluding hydrogens is 177 g/mol. The number of benzene rings is 1. The van der Waals surface area contributed by atoms with E-state index in [2.05, 4.69) is 11.7 Å². The molecule has 59 valence electrons. The third-order valence-corrected chi connectivity index (χ3v) is 1.36. The van der Waals surface area contributed by atoms with Crippen LogP contribution in [0.25, 0.3) is 0 Å². The van der Waals surface area contributed by atoms with Gasteiger partial charge in [-0.2, -0.15) is 0 Å². The van der Waals surface area contributed by atoms with E-state index in [0.717, 1.165) is 0 Å². The third-order valence-electron chi connectivity index (χ3n) is 1.14. The molecule has 0 atom stereocenters. The van der Waals surface area contributed by atoms with Crippen molar-refractivity contribution in [2.24, 2.45) is 0 Å². The van der Waals surface area contributed by atoms with E-state index in [9.17, 15) is 4.39 Å². The molecule has 0 aliphatic carbocycles. The molecule has 1 radical (unpaired) electrons. The third kappa shape index (κ3) is 2.57. The van der Waals surface area contributed by atoms with Crippen LogP contribution in [0.5, 0.6) is 0 Å². The van der Waals surface area contributed by atoms with Gasteiger partial charge in [0.25, 0.3) is 0 Å². The van der Waals surface area contributed by atoms with E-state index in [1.807, 2.05) is 0 Å². The lowest BCUT2D eigenvalue weighted by Crippen LogP contribution is -1.82. The molecule has 0 saturated carbocycles. The van der Waals surface area contributed by atoms with Crippen LogP contribution in [0.15, 0.2) is 18.2 Å². The van der Waals surface area contributed by atoms with Gasteiger partial charge in [-0.05, 0) is 18.2 Å². The van der Waals surface area contributed by atoms with Crippen molar-refractivity contribution >= 4 is 19.1 Å². The van der Waals surface area contributed by atoms with Crippen molar-refractivity contribution in [3.05, 3.63) is 34.6 Å². The summed E-state index contributed by atoms with van der Waals surface area (Å²) in [4.78, 5) is 0. The van der Waals surface area contributed by atoms with Crippen LogP contribution < -0.4 is 0 Å². The Bertz CT molecular complexity index is 322. The van der Waals surface area contributed by atoms with Crippen molar-refractivity contribution in [1.82, 2.24) is 0 Å². The molecule has 0 spiro atoms. The lowest BCUT2D eigenvalue weighted by atomic mass is 10.0. The molecular formula is C8H4BClFO. The Hall–Kier alpha value is -0.975. The van der Waals surface area contributed by atoms with Crippen LogP contribution in [0.2, 0.25) is 5.02 Å². The Morgan fingerprint density at radius 2 is 2.17 bits per heavy atom. The molecule has 0 unspecified atom stereocenters. The minimum absolute atomic E-state index is 0.289. The molecule has 1 rings (SSSR count). The van der Waals surface area contributed by atoms with Crippen molar-refractivity contribution in [3.8, 4) is 11.7 Å². The second-order valence-corrected chi connectivity index (χ2v) is 2.49. The second-order valence-electron chi connectivity index (χ2n) is 2.06. The Kier molecular flexibility index (Phi) is 3.15. The van der Waals surface area contributed by atoms with Gasteiger partial charge in [0.15, 0.2) is 0 Å². The average Bonchev–Trinajstić information content (AvgIpc) is 1.99. The highest BCUT2D eigenvalue weighted by molar-refractivity contribution is 6.37. The Morgan fingerprint density at radius 1 is 1.42 bits per heavy atom. The lowest BCUT2D eigenvalue weighted by Gasteiger charge is -1.92. The van der Waals surface area contributed by atoms with Gasteiger partial charge in [-0.15, -0.1) is 5.82 Å². The number of rotatable bonds is 0. The van der Waals surface area contributed by atoms with Crippen molar-refractivity contribution in [2.45, 2.75) is 0 Å². The van der Waals surface area contributed by atoms with Gasteiger partial charge in [0.2, 0.25) is 0 Å². The zero-order valence-electron chi connectivity index (χ0n) is 6.01. The van der Waals surface area contributed by atoms with E-state index < -0.39 is 5.82 Å². The van der Waals surface area contributed by atoms with Crippen molar-refractivity contribution in [2.75, 3.05) is 0 Å². The van der Waals surface area contributed by atoms with E-state index in [0.29, 0.717) is 13.0 Å². The van der Waals surface area contributed by atoms with Gasteiger partial charge in [0.1, 0.15) is 5.82 Å². The Morgan fingerprint density at radius 3 is 2.75 bits per heavy atom. The van der Waals surface area contributed by atoms with Gasteiger partial charge >= 0.3 is 7.48 Å². The van der Waals surface area contributed by atoms with Crippen LogP contribution >= 0.6 is 11.6 Å². The predicted molar refractivity (Wildman–Crippen MR) is 46.3 cm³/mol. The maximum atomic E-state index is 12.6. The highest BCUT2D eigenvalue weighted by Crippen LogP contribution is 2.12. The first kappa shape index (κ1) is 9.12. The van der Waals surface area contributed by atoms with E-state index in [1.165, 1.54) is 18.2 Å². The Balaban J connectivity index is 3.01. The average molecular weight is 181 g/mol. The first-order valence-corrected chi connectivity index (χ1v) is 3.53. The first-order valence-electron chi connectivity index (χ1n) is 3.16. The maximum Gasteiger partial charge on any atom is 0.389 e. The summed E-state index contributed by atoms with van der Waals surface area (Å²) in [6, 6.07) is 3.94. The van der Waals surface area contributed by atoms with Crippen LogP contribution in [0, 0.1) is 17.6 Å². The molecule has 1 aromatic carbocycles. The lowest BCUT2D eigenvalue weighted by molar-refractivity contribution is 0.616. The zero-order chi connectivity index (χ0) is 8.97. The number of hydrogen-bond donors (Lipinski definition) is 1. The maximum absolute atomic E-state index is 12.6. The molecule has 0 amide bonds. The van der Waals surface area contributed by atoms with E-state index >= 15 is 0 Å². The molecule has 0 aromatic heterocycles. The van der Waals surface area contributed by atoms with E-state index in [-0.39, 0.29) is 5.02 Å². The molecule has 0 aliphatic rings. The minimum Gasteiger partial charge on any atom is -0.443 e. The molecule has 1 aromatic rings. The fourth-order valence-corrected chi connectivity index (χ4v) is 0.963. The van der Waals surface area contributed by atoms with Crippen molar-refractivity contribution in [3.63, 3.8) is 0 Å². The topological polar surface area (TPSA) is 20.2 Å². The quantitative estimate of drug-likeness (QED) is 0.474. The normalized spacial score (nSPS) is 8.58. The highest BCUT2D eigenvalue weighted by Gasteiger charge is 1.95. The monoisotopic (exact) mass is 181 g/mol. The van der Waals surface area contributed by atoms with Gasteiger partial charge < -0.3 is 5.02 Å². The summed E-state index contributed by atoms with van der Waals surface area (Å²) in [6.07, 6.45) is 0. The summed E-state index contributed by atoms with van der Waals surface area (Å²) in [5.41, 5.74) is 0.435. The number of halogens is 2. The largest absolute Gasteiger partial charge is 0.443 e. The summed E-state index contributed by atoms with van der Waals surface area (Å²) >= 11 is 5.55. The molecule has 0 saturated heterocycles. The van der Waals surface area contributed by atoms with Crippen LogP contribution in [0.1, 0.15) is 5.56 Å². The minimum atomic E-state index is -0.440. The predicted octanol–water partition coefficient (Wildman–Crippen LogP) is 1.40. The van der Waals surface area contributed by atoms with Gasteiger partial charge in [0.05, 0.1) is 0 Å².